The van der Waals surface area contributed by atoms with E-state index in [9.17, 15) is 9.18 Å². The fourth-order valence-electron chi connectivity index (χ4n) is 5.42. The molecule has 3 saturated carbocycles. The second-order valence-corrected chi connectivity index (χ2v) is 8.51. The highest BCUT2D eigenvalue weighted by molar-refractivity contribution is 5.95. The maximum atomic E-state index is 13.5. The molecule has 0 spiro atoms. The number of nitrogens with one attached hydrogen (secondary N) is 1. The number of halogens is 1. The fourth-order valence-corrected chi connectivity index (χ4v) is 5.42. The monoisotopic (exact) mass is 381 g/mol. The van der Waals surface area contributed by atoms with Gasteiger partial charge < -0.3 is 4.57 Å². The molecule has 2 heterocycles. The molecule has 3 unspecified atom stereocenters. The van der Waals surface area contributed by atoms with Crippen molar-refractivity contribution in [2.24, 2.45) is 18.9 Å². The maximum Gasteiger partial charge on any atom is 0.231 e. The minimum absolute atomic E-state index is 0.00383. The highest BCUT2D eigenvalue weighted by atomic mass is 19.1. The van der Waals surface area contributed by atoms with Gasteiger partial charge >= 0.3 is 0 Å². The summed E-state index contributed by atoms with van der Waals surface area (Å²) < 4.78 is 17.4. The summed E-state index contributed by atoms with van der Waals surface area (Å²) >= 11 is 0. The summed E-state index contributed by atoms with van der Waals surface area (Å²) in [4.78, 5) is 17.7. The number of benzene rings is 1. The van der Waals surface area contributed by atoms with E-state index in [1.807, 2.05) is 13.2 Å². The van der Waals surface area contributed by atoms with Crippen molar-refractivity contribution in [3.63, 3.8) is 0 Å². The first kappa shape index (κ1) is 17.4. The molecule has 0 radical (unpaired) electrons. The van der Waals surface area contributed by atoms with E-state index in [2.05, 4.69) is 40.0 Å². The number of imidazole rings is 1. The Morgan fingerprint density at radius 1 is 1.36 bits per heavy atom. The SMILES string of the molecule is CC(C)n1nccc1C12CCC(C1)C2C(=O)Nc1nc2cc(F)ccc2n1C. The van der Waals surface area contributed by atoms with Crippen LogP contribution < -0.4 is 5.32 Å². The normalized spacial score (nSPS) is 26.0. The van der Waals surface area contributed by atoms with Gasteiger partial charge in [0, 0.05) is 36.5 Å². The molecule has 3 aromatic rings. The highest BCUT2D eigenvalue weighted by Crippen LogP contribution is 2.64. The van der Waals surface area contributed by atoms with Gasteiger partial charge in [0.1, 0.15) is 5.82 Å². The van der Waals surface area contributed by atoms with E-state index in [-0.39, 0.29) is 29.1 Å². The fraction of sp³-hybridized carbons (Fsp3) is 0.476. The second-order valence-electron chi connectivity index (χ2n) is 8.51. The van der Waals surface area contributed by atoms with E-state index in [0.717, 1.165) is 24.8 Å². The van der Waals surface area contributed by atoms with Crippen LogP contribution in [0.4, 0.5) is 10.3 Å². The van der Waals surface area contributed by atoms with Crippen molar-refractivity contribution in [3.8, 4) is 0 Å². The Morgan fingerprint density at radius 3 is 2.93 bits per heavy atom. The summed E-state index contributed by atoms with van der Waals surface area (Å²) in [5.41, 5.74) is 2.37. The van der Waals surface area contributed by atoms with Crippen molar-refractivity contribution < 1.29 is 9.18 Å². The average molecular weight is 381 g/mol. The van der Waals surface area contributed by atoms with Crippen LogP contribution in [0.2, 0.25) is 0 Å². The van der Waals surface area contributed by atoms with Crippen LogP contribution in [0, 0.1) is 17.7 Å². The molecular formula is C21H24FN5O. The van der Waals surface area contributed by atoms with Crippen LogP contribution in [0.15, 0.2) is 30.5 Å². The maximum absolute atomic E-state index is 13.5. The lowest BCUT2D eigenvalue weighted by Gasteiger charge is -2.46. The predicted molar refractivity (Wildman–Crippen MR) is 104 cm³/mol. The second kappa shape index (κ2) is 5.90. The summed E-state index contributed by atoms with van der Waals surface area (Å²) in [5, 5.41) is 7.51. The van der Waals surface area contributed by atoms with Crippen molar-refractivity contribution in [2.75, 3.05) is 5.32 Å². The topological polar surface area (TPSA) is 64.7 Å². The van der Waals surface area contributed by atoms with Gasteiger partial charge in [-0.2, -0.15) is 5.10 Å². The minimum Gasteiger partial charge on any atom is -0.313 e. The number of aromatic nitrogens is 4. The van der Waals surface area contributed by atoms with Crippen LogP contribution >= 0.6 is 0 Å². The van der Waals surface area contributed by atoms with Gasteiger partial charge in [-0.3, -0.25) is 14.8 Å². The zero-order chi connectivity index (χ0) is 19.6. The largest absolute Gasteiger partial charge is 0.313 e. The Kier molecular flexibility index (Phi) is 3.66. The third kappa shape index (κ3) is 2.28. The van der Waals surface area contributed by atoms with Crippen LogP contribution in [-0.4, -0.2) is 25.2 Å². The number of rotatable bonds is 4. The molecule has 6 nitrogen and oxygen atoms in total. The van der Waals surface area contributed by atoms with E-state index in [1.54, 1.807) is 10.6 Å². The van der Waals surface area contributed by atoms with Crippen molar-refractivity contribution in [2.45, 2.75) is 44.6 Å². The Morgan fingerprint density at radius 2 is 2.18 bits per heavy atom. The first-order valence-electron chi connectivity index (χ1n) is 9.87. The van der Waals surface area contributed by atoms with E-state index in [1.165, 1.54) is 17.8 Å². The van der Waals surface area contributed by atoms with Crippen molar-refractivity contribution in [1.82, 2.24) is 19.3 Å². The van der Waals surface area contributed by atoms with Crippen LogP contribution in [0.5, 0.6) is 0 Å². The van der Waals surface area contributed by atoms with Crippen LogP contribution in [0.3, 0.4) is 0 Å². The van der Waals surface area contributed by atoms with Crippen molar-refractivity contribution >= 4 is 22.9 Å². The standard InChI is InChI=1S/C21H24FN5O/c1-12(2)27-17(7-9-23-27)21-8-6-13(11-21)18(21)19(28)25-20-24-15-10-14(22)4-5-16(15)26(20)3/h4-5,7,9-10,12-13,18H,6,8,11H2,1-3H3,(H,24,25,28). The molecule has 3 aliphatic rings. The number of fused-ring (bicyclic) bond motifs is 2. The Labute approximate surface area is 162 Å². The van der Waals surface area contributed by atoms with Gasteiger partial charge in [-0.25, -0.2) is 9.37 Å². The molecule has 146 valence electrons. The summed E-state index contributed by atoms with van der Waals surface area (Å²) in [5.74, 6) is 0.468. The van der Waals surface area contributed by atoms with E-state index < -0.39 is 0 Å². The Hall–Kier alpha value is -2.70. The van der Waals surface area contributed by atoms with Gasteiger partial charge in [0.05, 0.1) is 17.0 Å². The van der Waals surface area contributed by atoms with E-state index in [4.69, 9.17) is 0 Å². The van der Waals surface area contributed by atoms with Gasteiger partial charge in [0.2, 0.25) is 11.9 Å². The Bertz CT molecular complexity index is 1080. The van der Waals surface area contributed by atoms with Crippen LogP contribution in [0.1, 0.15) is 44.8 Å². The molecule has 3 fully saturated rings. The number of amides is 1. The van der Waals surface area contributed by atoms with Crippen molar-refractivity contribution in [3.05, 3.63) is 42.0 Å². The molecular weight excluding hydrogens is 357 g/mol. The molecule has 1 amide bonds. The lowest BCUT2D eigenvalue weighted by molar-refractivity contribution is -0.127. The summed E-state index contributed by atoms with van der Waals surface area (Å²) in [6.07, 6.45) is 4.96. The van der Waals surface area contributed by atoms with Crippen LogP contribution in [-0.2, 0) is 17.3 Å². The number of hydrogen-bond acceptors (Lipinski definition) is 3. The molecule has 2 bridgehead atoms. The molecule has 2 aromatic heterocycles. The highest BCUT2D eigenvalue weighted by Gasteiger charge is 2.64. The van der Waals surface area contributed by atoms with Gasteiger partial charge in [0.25, 0.3) is 0 Å². The first-order valence-corrected chi connectivity index (χ1v) is 9.87. The minimum atomic E-state index is -0.332. The molecule has 7 heteroatoms. The number of aryl methyl sites for hydroxylation is 1. The lowest BCUT2D eigenvalue weighted by Crippen LogP contribution is -2.51. The van der Waals surface area contributed by atoms with E-state index in [0.29, 0.717) is 17.4 Å². The number of carbonyl (C=O) groups is 1. The lowest BCUT2D eigenvalue weighted by atomic mass is 9.58. The molecule has 6 rings (SSSR count). The third-order valence-corrected chi connectivity index (χ3v) is 6.68. The summed E-state index contributed by atoms with van der Waals surface area (Å²) in [6, 6.07) is 6.81. The number of carbonyl (C=O) groups excluding carboxylic acids is 1. The van der Waals surface area contributed by atoms with E-state index >= 15 is 0 Å². The average Bonchev–Trinajstić information content (AvgIpc) is 3.37. The molecule has 0 saturated heterocycles. The third-order valence-electron chi connectivity index (χ3n) is 6.68. The molecule has 1 N–H and O–H groups in total. The number of anilines is 1. The Balaban J connectivity index is 1.46. The zero-order valence-electron chi connectivity index (χ0n) is 16.3. The van der Waals surface area contributed by atoms with Gasteiger partial charge in [-0.1, -0.05) is 0 Å². The van der Waals surface area contributed by atoms with Crippen molar-refractivity contribution in [1.29, 1.82) is 0 Å². The molecule has 1 aromatic carbocycles. The quantitative estimate of drug-likeness (QED) is 0.748. The molecule has 0 aliphatic heterocycles. The molecule has 3 atom stereocenters. The summed E-state index contributed by atoms with van der Waals surface area (Å²) in [6.45, 7) is 4.23. The predicted octanol–water partition coefficient (Wildman–Crippen LogP) is 3.80. The van der Waals surface area contributed by atoms with Crippen LogP contribution in [0.25, 0.3) is 11.0 Å². The number of nitrogens with zero attached hydrogens (tertiary/aromatic N) is 4. The summed E-state index contributed by atoms with van der Waals surface area (Å²) in [7, 11) is 1.84. The number of hydrogen-bond donors (Lipinski definition) is 1. The van der Waals surface area contributed by atoms with Gasteiger partial charge in [0.15, 0.2) is 0 Å². The molecule has 28 heavy (non-hydrogen) atoms. The zero-order valence-corrected chi connectivity index (χ0v) is 16.3. The smallest absolute Gasteiger partial charge is 0.231 e. The first-order chi connectivity index (χ1) is 13.4. The molecule has 3 aliphatic carbocycles. The van der Waals surface area contributed by atoms with Gasteiger partial charge in [-0.05, 0) is 57.2 Å². The van der Waals surface area contributed by atoms with Gasteiger partial charge in [-0.15, -0.1) is 0 Å².